The molecule has 0 amide bonds. The highest BCUT2D eigenvalue weighted by Gasteiger charge is 2.33. The molecule has 1 unspecified atom stereocenters. The van der Waals surface area contributed by atoms with Crippen molar-refractivity contribution in [2.45, 2.75) is 77.6 Å². The third-order valence-corrected chi connectivity index (χ3v) is 7.65. The van der Waals surface area contributed by atoms with E-state index in [9.17, 15) is 4.39 Å². The number of aryl methyl sites for hydroxylation is 1. The van der Waals surface area contributed by atoms with E-state index in [-0.39, 0.29) is 5.82 Å². The van der Waals surface area contributed by atoms with Crippen molar-refractivity contribution in [2.24, 2.45) is 29.6 Å². The monoisotopic (exact) mass is 328 g/mol. The van der Waals surface area contributed by atoms with Gasteiger partial charge in [0.05, 0.1) is 0 Å². The quantitative estimate of drug-likeness (QED) is 0.576. The molecule has 0 saturated heterocycles. The van der Waals surface area contributed by atoms with Gasteiger partial charge in [-0.15, -0.1) is 0 Å². The van der Waals surface area contributed by atoms with Crippen molar-refractivity contribution in [1.82, 2.24) is 0 Å². The number of rotatable bonds is 2. The lowest BCUT2D eigenvalue weighted by Crippen LogP contribution is -2.30. The fraction of sp³-hybridized carbons (Fsp3) is 0.739. The summed E-state index contributed by atoms with van der Waals surface area (Å²) in [6, 6.07) is 5.47. The van der Waals surface area contributed by atoms with Gasteiger partial charge in [0, 0.05) is 0 Å². The van der Waals surface area contributed by atoms with E-state index in [1.165, 1.54) is 75.3 Å². The van der Waals surface area contributed by atoms with Crippen LogP contribution in [0.1, 0.15) is 75.8 Å². The van der Waals surface area contributed by atoms with Gasteiger partial charge in [-0.2, -0.15) is 0 Å². The Bertz CT molecular complexity index is 547. The largest absolute Gasteiger partial charge is 0.207 e. The van der Waals surface area contributed by atoms with Crippen molar-refractivity contribution >= 4 is 0 Å². The predicted molar refractivity (Wildman–Crippen MR) is 98.5 cm³/mol. The molecule has 0 radical (unpaired) electrons. The molecule has 3 aliphatic rings. The van der Waals surface area contributed by atoms with Crippen LogP contribution in [0.25, 0.3) is 0 Å². The van der Waals surface area contributed by atoms with Crippen LogP contribution in [0.3, 0.4) is 0 Å². The van der Waals surface area contributed by atoms with Crippen LogP contribution in [-0.4, -0.2) is 0 Å². The smallest absolute Gasteiger partial charge is 0.123 e. The van der Waals surface area contributed by atoms with E-state index in [2.05, 4.69) is 6.92 Å². The van der Waals surface area contributed by atoms with Crippen LogP contribution < -0.4 is 0 Å². The van der Waals surface area contributed by atoms with Crippen LogP contribution in [0.4, 0.5) is 4.39 Å². The predicted octanol–water partition coefficient (Wildman–Crippen LogP) is 6.56. The summed E-state index contributed by atoms with van der Waals surface area (Å²) in [5, 5.41) is 0. The minimum absolute atomic E-state index is 0.0606. The highest BCUT2D eigenvalue weighted by molar-refractivity contribution is 5.30. The summed E-state index contributed by atoms with van der Waals surface area (Å²) >= 11 is 0. The van der Waals surface area contributed by atoms with Crippen LogP contribution in [-0.2, 0) is 12.8 Å². The molecule has 132 valence electrons. The lowest BCUT2D eigenvalue weighted by molar-refractivity contribution is 0.123. The van der Waals surface area contributed by atoms with Gasteiger partial charge in [0.1, 0.15) is 5.82 Å². The summed E-state index contributed by atoms with van der Waals surface area (Å²) in [7, 11) is 0. The Kier molecular flexibility index (Phi) is 4.97. The lowest BCUT2D eigenvalue weighted by atomic mass is 9.65. The first-order valence-corrected chi connectivity index (χ1v) is 10.5. The Hall–Kier alpha value is -0.850. The van der Waals surface area contributed by atoms with Gasteiger partial charge >= 0.3 is 0 Å². The van der Waals surface area contributed by atoms with Gasteiger partial charge in [-0.25, -0.2) is 4.39 Å². The first-order valence-electron chi connectivity index (χ1n) is 10.5. The molecule has 1 heteroatoms. The Morgan fingerprint density at radius 1 is 0.708 bits per heavy atom. The van der Waals surface area contributed by atoms with E-state index >= 15 is 0 Å². The number of hydrogen-bond acceptors (Lipinski definition) is 0. The van der Waals surface area contributed by atoms with Crippen molar-refractivity contribution < 1.29 is 4.39 Å². The van der Waals surface area contributed by atoms with Crippen molar-refractivity contribution in [2.75, 3.05) is 0 Å². The molecule has 0 heterocycles. The topological polar surface area (TPSA) is 0 Å². The maximum atomic E-state index is 13.4. The Morgan fingerprint density at radius 2 is 1.29 bits per heavy atom. The highest BCUT2D eigenvalue weighted by atomic mass is 19.1. The van der Waals surface area contributed by atoms with Gasteiger partial charge in [0.2, 0.25) is 0 Å². The molecule has 0 aliphatic heterocycles. The highest BCUT2D eigenvalue weighted by Crippen LogP contribution is 2.44. The van der Waals surface area contributed by atoms with E-state index < -0.39 is 0 Å². The van der Waals surface area contributed by atoms with Crippen molar-refractivity contribution in [3.8, 4) is 0 Å². The molecule has 0 N–H and O–H groups in total. The summed E-state index contributed by atoms with van der Waals surface area (Å²) < 4.78 is 13.4. The molecule has 1 atom stereocenters. The van der Waals surface area contributed by atoms with Gasteiger partial charge in [-0.3, -0.25) is 0 Å². The number of benzene rings is 1. The molecule has 24 heavy (non-hydrogen) atoms. The lowest BCUT2D eigenvalue weighted by Gasteiger charge is -2.40. The second-order valence-corrected chi connectivity index (χ2v) is 9.11. The molecule has 2 fully saturated rings. The zero-order chi connectivity index (χ0) is 16.5. The zero-order valence-electron chi connectivity index (χ0n) is 15.3. The van der Waals surface area contributed by atoms with Crippen LogP contribution >= 0.6 is 0 Å². The zero-order valence-corrected chi connectivity index (χ0v) is 15.3. The third-order valence-electron chi connectivity index (χ3n) is 7.65. The molecule has 1 aromatic rings. The summed E-state index contributed by atoms with van der Waals surface area (Å²) in [4.78, 5) is 0. The Morgan fingerprint density at radius 3 is 1.96 bits per heavy atom. The van der Waals surface area contributed by atoms with Crippen LogP contribution in [0.5, 0.6) is 0 Å². The van der Waals surface area contributed by atoms with Crippen LogP contribution in [0.15, 0.2) is 18.2 Å². The maximum Gasteiger partial charge on any atom is 0.123 e. The SMILES string of the molecule is CC1CCC(C2CCC(C3CCc4cc(F)ccc4C3)CC2)CC1. The fourth-order valence-corrected chi connectivity index (χ4v) is 6.00. The summed E-state index contributed by atoms with van der Waals surface area (Å²) in [6.45, 7) is 2.43. The Labute approximate surface area is 147 Å². The standard InChI is InChI=1S/C23H33F/c1-16-2-4-17(5-3-16)18-6-8-19(9-7-18)20-10-11-22-15-23(24)13-12-21(22)14-20/h12-13,15-20H,2-11,14H2,1H3. The average Bonchev–Trinajstić information content (AvgIpc) is 2.62. The fourth-order valence-electron chi connectivity index (χ4n) is 6.00. The van der Waals surface area contributed by atoms with E-state index in [1.54, 1.807) is 12.1 Å². The van der Waals surface area contributed by atoms with Crippen molar-refractivity contribution in [3.05, 3.63) is 35.1 Å². The van der Waals surface area contributed by atoms with Gasteiger partial charge < -0.3 is 0 Å². The molecule has 0 nitrogen and oxygen atoms in total. The van der Waals surface area contributed by atoms with Crippen LogP contribution in [0.2, 0.25) is 0 Å². The molecular formula is C23H33F. The molecular weight excluding hydrogens is 295 g/mol. The molecule has 1 aromatic carbocycles. The normalized spacial score (nSPS) is 37.0. The van der Waals surface area contributed by atoms with Gasteiger partial charge in [0.25, 0.3) is 0 Å². The van der Waals surface area contributed by atoms with Gasteiger partial charge in [-0.05, 0) is 111 Å². The maximum absolute atomic E-state index is 13.4. The van der Waals surface area contributed by atoms with E-state index in [0.717, 1.165) is 36.0 Å². The molecule has 4 rings (SSSR count). The molecule has 2 saturated carbocycles. The van der Waals surface area contributed by atoms with E-state index in [4.69, 9.17) is 0 Å². The first-order chi connectivity index (χ1) is 11.7. The third kappa shape index (κ3) is 3.55. The second kappa shape index (κ2) is 7.18. The van der Waals surface area contributed by atoms with Crippen molar-refractivity contribution in [1.29, 1.82) is 0 Å². The first kappa shape index (κ1) is 16.6. The summed E-state index contributed by atoms with van der Waals surface area (Å²) in [5.41, 5.74) is 2.70. The van der Waals surface area contributed by atoms with E-state index in [0.29, 0.717) is 0 Å². The number of fused-ring (bicyclic) bond motifs is 1. The van der Waals surface area contributed by atoms with E-state index in [1.807, 2.05) is 6.07 Å². The number of hydrogen-bond donors (Lipinski definition) is 0. The summed E-state index contributed by atoms with van der Waals surface area (Å²) in [5.74, 6) is 4.77. The second-order valence-electron chi connectivity index (χ2n) is 9.11. The minimum Gasteiger partial charge on any atom is -0.207 e. The molecule has 0 spiro atoms. The molecule has 3 aliphatic carbocycles. The van der Waals surface area contributed by atoms with Gasteiger partial charge in [-0.1, -0.05) is 25.8 Å². The van der Waals surface area contributed by atoms with Gasteiger partial charge in [0.15, 0.2) is 0 Å². The average molecular weight is 329 g/mol. The summed E-state index contributed by atoms with van der Waals surface area (Å²) in [6.07, 6.45) is 15.4. The van der Waals surface area contributed by atoms with Crippen LogP contribution in [0, 0.1) is 35.4 Å². The minimum atomic E-state index is -0.0606. The Balaban J connectivity index is 1.31. The van der Waals surface area contributed by atoms with Crippen molar-refractivity contribution in [3.63, 3.8) is 0 Å². The molecule has 0 aromatic heterocycles. The number of halogens is 1. The molecule has 0 bridgehead atoms.